The Bertz CT molecular complexity index is 730. The quantitative estimate of drug-likeness (QED) is 0.754. The molecule has 0 amide bonds. The van der Waals surface area contributed by atoms with Crippen LogP contribution in [0.25, 0.3) is 22.2 Å². The molecule has 2 N–H and O–H groups in total. The second-order valence-corrected chi connectivity index (χ2v) is 5.39. The average Bonchev–Trinajstić information content (AvgIpc) is 2.91. The van der Waals surface area contributed by atoms with Crippen molar-refractivity contribution in [1.82, 2.24) is 15.1 Å². The van der Waals surface area contributed by atoms with Crippen LogP contribution in [-0.2, 0) is 0 Å². The van der Waals surface area contributed by atoms with E-state index in [0.717, 1.165) is 40.9 Å². The number of fused-ring (bicyclic) bond motifs is 1. The fourth-order valence-electron chi connectivity index (χ4n) is 2.43. The summed E-state index contributed by atoms with van der Waals surface area (Å²) in [6.45, 7) is 1.90. The Kier molecular flexibility index (Phi) is 3.88. The van der Waals surface area contributed by atoms with Gasteiger partial charge < -0.3 is 10.2 Å². The summed E-state index contributed by atoms with van der Waals surface area (Å²) in [6, 6.07) is 16.5. The number of para-hydroxylation sites is 2. The molecule has 1 heterocycles. The molecule has 0 spiro atoms. The van der Waals surface area contributed by atoms with Crippen LogP contribution in [0.4, 0.5) is 5.69 Å². The van der Waals surface area contributed by atoms with Gasteiger partial charge in [0.2, 0.25) is 0 Å². The van der Waals surface area contributed by atoms with Crippen molar-refractivity contribution >= 4 is 16.6 Å². The van der Waals surface area contributed by atoms with Crippen molar-refractivity contribution in [3.05, 3.63) is 48.5 Å². The third-order valence-corrected chi connectivity index (χ3v) is 3.53. The van der Waals surface area contributed by atoms with Crippen LogP contribution in [0.15, 0.2) is 48.5 Å². The standard InChI is InChI=1S/C17H20N4/c1-21(2)12-11-18-15-9-5-3-7-13(15)17-14-8-4-6-10-16(14)19-20-17/h3-10,18H,11-12H2,1-2H3,(H,19,20). The average molecular weight is 280 g/mol. The minimum Gasteiger partial charge on any atom is -0.383 e. The van der Waals surface area contributed by atoms with Gasteiger partial charge in [0.25, 0.3) is 0 Å². The third kappa shape index (κ3) is 2.90. The van der Waals surface area contributed by atoms with E-state index >= 15 is 0 Å². The molecule has 4 nitrogen and oxygen atoms in total. The largest absolute Gasteiger partial charge is 0.383 e. The first-order chi connectivity index (χ1) is 10.3. The first-order valence-corrected chi connectivity index (χ1v) is 7.17. The minimum atomic E-state index is 0.909. The van der Waals surface area contributed by atoms with Crippen LogP contribution in [0.5, 0.6) is 0 Å². The Hall–Kier alpha value is -2.33. The molecule has 0 atom stereocenters. The molecule has 0 bridgehead atoms. The summed E-state index contributed by atoms with van der Waals surface area (Å²) < 4.78 is 0. The number of benzene rings is 2. The van der Waals surface area contributed by atoms with E-state index in [-0.39, 0.29) is 0 Å². The van der Waals surface area contributed by atoms with Gasteiger partial charge in [-0.05, 0) is 26.2 Å². The van der Waals surface area contributed by atoms with Crippen molar-refractivity contribution in [3.8, 4) is 11.3 Å². The number of nitrogens with zero attached hydrogens (tertiary/aromatic N) is 2. The second-order valence-electron chi connectivity index (χ2n) is 5.39. The Morgan fingerprint density at radius 1 is 1.05 bits per heavy atom. The first-order valence-electron chi connectivity index (χ1n) is 7.17. The second kappa shape index (κ2) is 5.97. The molecule has 0 radical (unpaired) electrons. The van der Waals surface area contributed by atoms with Crippen LogP contribution >= 0.6 is 0 Å². The van der Waals surface area contributed by atoms with Crippen molar-refractivity contribution < 1.29 is 0 Å². The zero-order chi connectivity index (χ0) is 14.7. The molecule has 0 aliphatic carbocycles. The molecule has 0 aliphatic rings. The van der Waals surface area contributed by atoms with Crippen molar-refractivity contribution in [1.29, 1.82) is 0 Å². The molecule has 0 fully saturated rings. The maximum Gasteiger partial charge on any atom is 0.102 e. The van der Waals surface area contributed by atoms with E-state index in [1.807, 2.05) is 18.2 Å². The molecule has 21 heavy (non-hydrogen) atoms. The number of likely N-dealkylation sites (N-methyl/N-ethyl adjacent to an activating group) is 1. The zero-order valence-corrected chi connectivity index (χ0v) is 12.4. The van der Waals surface area contributed by atoms with Crippen LogP contribution in [0.2, 0.25) is 0 Å². The number of nitrogens with one attached hydrogen (secondary N) is 2. The SMILES string of the molecule is CN(C)CCNc1ccccc1-c1n[nH]c2ccccc12. The summed E-state index contributed by atoms with van der Waals surface area (Å²) in [6.07, 6.45) is 0. The summed E-state index contributed by atoms with van der Waals surface area (Å²) >= 11 is 0. The number of hydrogen-bond donors (Lipinski definition) is 2. The van der Waals surface area contributed by atoms with Gasteiger partial charge in [-0.15, -0.1) is 0 Å². The van der Waals surface area contributed by atoms with Crippen LogP contribution in [0, 0.1) is 0 Å². The highest BCUT2D eigenvalue weighted by molar-refractivity contribution is 5.96. The molecule has 3 rings (SSSR count). The molecule has 1 aromatic heterocycles. The van der Waals surface area contributed by atoms with E-state index in [1.165, 1.54) is 0 Å². The van der Waals surface area contributed by atoms with E-state index in [4.69, 9.17) is 0 Å². The van der Waals surface area contributed by atoms with Crippen molar-refractivity contribution in [2.45, 2.75) is 0 Å². The lowest BCUT2D eigenvalue weighted by molar-refractivity contribution is 0.425. The van der Waals surface area contributed by atoms with Gasteiger partial charge in [0, 0.05) is 29.7 Å². The highest BCUT2D eigenvalue weighted by Gasteiger charge is 2.11. The van der Waals surface area contributed by atoms with Gasteiger partial charge in [0.1, 0.15) is 5.69 Å². The topological polar surface area (TPSA) is 44.0 Å². The number of hydrogen-bond acceptors (Lipinski definition) is 3. The molecule has 4 heteroatoms. The highest BCUT2D eigenvalue weighted by Crippen LogP contribution is 2.31. The van der Waals surface area contributed by atoms with Gasteiger partial charge in [0.15, 0.2) is 0 Å². The van der Waals surface area contributed by atoms with Crippen molar-refractivity contribution in [2.24, 2.45) is 0 Å². The minimum absolute atomic E-state index is 0.909. The highest BCUT2D eigenvalue weighted by atomic mass is 15.1. The zero-order valence-electron chi connectivity index (χ0n) is 12.4. The first kappa shape index (κ1) is 13.6. The summed E-state index contributed by atoms with van der Waals surface area (Å²) in [5.74, 6) is 0. The van der Waals surface area contributed by atoms with Crippen molar-refractivity contribution in [2.75, 3.05) is 32.5 Å². The predicted octanol–water partition coefficient (Wildman–Crippen LogP) is 3.20. The molecular formula is C17H20N4. The van der Waals surface area contributed by atoms with E-state index in [1.54, 1.807) is 0 Å². The van der Waals surface area contributed by atoms with Crippen molar-refractivity contribution in [3.63, 3.8) is 0 Å². The summed E-state index contributed by atoms with van der Waals surface area (Å²) in [4.78, 5) is 2.17. The van der Waals surface area contributed by atoms with Gasteiger partial charge >= 0.3 is 0 Å². The van der Waals surface area contributed by atoms with E-state index in [9.17, 15) is 0 Å². The fraction of sp³-hybridized carbons (Fsp3) is 0.235. The van der Waals surface area contributed by atoms with Gasteiger partial charge in [0.05, 0.1) is 5.52 Å². The lowest BCUT2D eigenvalue weighted by Crippen LogP contribution is -2.20. The Morgan fingerprint density at radius 3 is 2.67 bits per heavy atom. The van der Waals surface area contributed by atoms with E-state index in [2.05, 4.69) is 64.8 Å². The van der Waals surface area contributed by atoms with Gasteiger partial charge in [-0.1, -0.05) is 36.4 Å². The smallest absolute Gasteiger partial charge is 0.102 e. The number of aromatic amines is 1. The molecule has 108 valence electrons. The lowest BCUT2D eigenvalue weighted by Gasteiger charge is -2.13. The Balaban J connectivity index is 1.95. The van der Waals surface area contributed by atoms with Crippen LogP contribution in [0.1, 0.15) is 0 Å². The van der Waals surface area contributed by atoms with Gasteiger partial charge in [-0.2, -0.15) is 5.10 Å². The molecule has 3 aromatic rings. The summed E-state index contributed by atoms with van der Waals surface area (Å²) in [5, 5.41) is 12.3. The fourth-order valence-corrected chi connectivity index (χ4v) is 2.43. The third-order valence-electron chi connectivity index (χ3n) is 3.53. The molecule has 0 saturated heterocycles. The van der Waals surface area contributed by atoms with E-state index in [0.29, 0.717) is 0 Å². The molecule has 2 aromatic carbocycles. The van der Waals surface area contributed by atoms with Gasteiger partial charge in [-0.3, -0.25) is 5.10 Å². The number of H-pyrrole nitrogens is 1. The van der Waals surface area contributed by atoms with Crippen LogP contribution < -0.4 is 5.32 Å². The summed E-state index contributed by atoms with van der Waals surface area (Å²) in [7, 11) is 4.16. The molecular weight excluding hydrogens is 260 g/mol. The monoisotopic (exact) mass is 280 g/mol. The number of aromatic nitrogens is 2. The number of anilines is 1. The van der Waals surface area contributed by atoms with Gasteiger partial charge in [-0.25, -0.2) is 0 Å². The molecule has 0 saturated carbocycles. The summed E-state index contributed by atoms with van der Waals surface area (Å²) in [5.41, 5.74) is 4.32. The maximum atomic E-state index is 4.49. The Morgan fingerprint density at radius 2 is 1.81 bits per heavy atom. The van der Waals surface area contributed by atoms with Crippen LogP contribution in [-0.4, -0.2) is 42.3 Å². The maximum absolute atomic E-state index is 4.49. The molecule has 0 unspecified atom stereocenters. The van der Waals surface area contributed by atoms with E-state index < -0.39 is 0 Å². The lowest BCUT2D eigenvalue weighted by atomic mass is 10.1. The molecule has 0 aliphatic heterocycles. The Labute approximate surface area is 124 Å². The predicted molar refractivity (Wildman–Crippen MR) is 88.6 cm³/mol. The normalized spacial score (nSPS) is 11.2. The number of rotatable bonds is 5. The van der Waals surface area contributed by atoms with Crippen LogP contribution in [0.3, 0.4) is 0 Å².